The Morgan fingerprint density at radius 2 is 1.37 bits per heavy atom. The second-order valence-corrected chi connectivity index (χ2v) is 18.0. The fraction of sp³-hybridized carbons (Fsp3) is 0.310. The van der Waals surface area contributed by atoms with Gasteiger partial charge in [0.15, 0.2) is 0 Å². The maximum atomic E-state index is 2.60. The van der Waals surface area contributed by atoms with Crippen molar-refractivity contribution >= 4 is 8.78 Å². The van der Waals surface area contributed by atoms with Gasteiger partial charge in [-0.3, -0.25) is 0 Å². The van der Waals surface area contributed by atoms with Gasteiger partial charge in [-0.2, -0.15) is 0 Å². The average Bonchev–Trinajstić information content (AvgIpc) is 3.61. The molecule has 0 radical (unpaired) electrons. The summed E-state index contributed by atoms with van der Waals surface area (Å²) in [4.78, 5) is 0. The van der Waals surface area contributed by atoms with Crippen LogP contribution in [0.1, 0.15) is 116 Å². The van der Waals surface area contributed by atoms with Crippen molar-refractivity contribution in [3.63, 3.8) is 0 Å². The normalized spacial score (nSPS) is 15.7. The number of hydrogen-bond acceptors (Lipinski definition) is 0. The molecule has 0 saturated heterocycles. The van der Waals surface area contributed by atoms with Crippen LogP contribution in [0.25, 0.3) is 16.7 Å². The summed E-state index contributed by atoms with van der Waals surface area (Å²) in [5.41, 5.74) is 16.6. The summed E-state index contributed by atoms with van der Waals surface area (Å²) in [6.45, 7) is 19.1. The van der Waals surface area contributed by atoms with Gasteiger partial charge in [-0.1, -0.05) is 0 Å². The molecule has 0 nitrogen and oxygen atoms in total. The van der Waals surface area contributed by atoms with E-state index in [1.807, 2.05) is 0 Å². The van der Waals surface area contributed by atoms with Crippen molar-refractivity contribution in [3.8, 4) is 11.1 Å². The fourth-order valence-corrected chi connectivity index (χ4v) is 11.4. The predicted molar refractivity (Wildman–Crippen MR) is 183 cm³/mol. The summed E-state index contributed by atoms with van der Waals surface area (Å²) >= 11 is -1.25. The SMILES string of the molecule is CC(C)c1cc2c(c(C3=CC=CC3)c1C(C)(C)C)[CH]([Zr]=[C](c1ccccc1)c1ccccc1)c1cc(C(C)(C)C)ccc1-2. The van der Waals surface area contributed by atoms with E-state index in [1.165, 1.54) is 39.0 Å². The van der Waals surface area contributed by atoms with Gasteiger partial charge in [-0.15, -0.1) is 0 Å². The summed E-state index contributed by atoms with van der Waals surface area (Å²) in [7, 11) is 0. The molecule has 1 unspecified atom stereocenters. The Morgan fingerprint density at radius 1 is 0.744 bits per heavy atom. The third-order valence-electron chi connectivity index (χ3n) is 9.08. The molecule has 217 valence electrons. The molecular weight excluding hydrogens is 596 g/mol. The molecule has 2 aliphatic carbocycles. The number of fused-ring (bicyclic) bond motifs is 3. The third-order valence-corrected chi connectivity index (χ3v) is 13.4. The molecule has 0 amide bonds. The van der Waals surface area contributed by atoms with Crippen molar-refractivity contribution in [2.45, 2.75) is 82.2 Å². The zero-order valence-corrected chi connectivity index (χ0v) is 29.6. The summed E-state index contributed by atoms with van der Waals surface area (Å²) in [6.07, 6.45) is 8.04. The first-order valence-electron chi connectivity index (χ1n) is 15.9. The van der Waals surface area contributed by atoms with Crippen LogP contribution in [0.4, 0.5) is 0 Å². The van der Waals surface area contributed by atoms with Gasteiger partial charge >= 0.3 is 273 Å². The van der Waals surface area contributed by atoms with Crippen LogP contribution in [0.2, 0.25) is 0 Å². The molecule has 0 aliphatic heterocycles. The van der Waals surface area contributed by atoms with E-state index in [1.54, 1.807) is 25.5 Å². The Labute approximate surface area is 271 Å². The monoisotopic (exact) mass is 639 g/mol. The molecular formula is C42H45Zr. The molecule has 0 N–H and O–H groups in total. The zero-order chi connectivity index (χ0) is 30.5. The van der Waals surface area contributed by atoms with E-state index in [2.05, 4.69) is 159 Å². The fourth-order valence-electron chi connectivity index (χ4n) is 6.98. The van der Waals surface area contributed by atoms with E-state index in [4.69, 9.17) is 0 Å². The van der Waals surface area contributed by atoms with Crippen LogP contribution in [0, 0.1) is 0 Å². The van der Waals surface area contributed by atoms with Crippen LogP contribution in [0.15, 0.2) is 103 Å². The molecule has 0 spiro atoms. The number of allylic oxidation sites excluding steroid dienone is 4. The summed E-state index contributed by atoms with van der Waals surface area (Å²) in [5.74, 6) is 0.459. The predicted octanol–water partition coefficient (Wildman–Crippen LogP) is 11.2. The molecule has 43 heavy (non-hydrogen) atoms. The van der Waals surface area contributed by atoms with Crippen molar-refractivity contribution in [2.24, 2.45) is 0 Å². The molecule has 1 atom stereocenters. The van der Waals surface area contributed by atoms with Crippen molar-refractivity contribution in [1.82, 2.24) is 0 Å². The molecule has 4 aromatic rings. The molecule has 0 heterocycles. The zero-order valence-electron chi connectivity index (χ0n) is 27.2. The number of benzene rings is 4. The number of hydrogen-bond donors (Lipinski definition) is 0. The van der Waals surface area contributed by atoms with Gasteiger partial charge in [0.1, 0.15) is 0 Å². The van der Waals surface area contributed by atoms with Gasteiger partial charge in [-0.25, -0.2) is 0 Å². The van der Waals surface area contributed by atoms with Crippen molar-refractivity contribution in [1.29, 1.82) is 0 Å². The quantitative estimate of drug-likeness (QED) is 0.204. The van der Waals surface area contributed by atoms with Crippen molar-refractivity contribution in [3.05, 3.63) is 148 Å². The maximum absolute atomic E-state index is 2.60. The van der Waals surface area contributed by atoms with Gasteiger partial charge in [0.05, 0.1) is 0 Å². The first kappa shape index (κ1) is 30.2. The van der Waals surface area contributed by atoms with Crippen LogP contribution >= 0.6 is 0 Å². The molecule has 0 fully saturated rings. The Bertz CT molecular complexity index is 1710. The van der Waals surface area contributed by atoms with E-state index >= 15 is 0 Å². The second kappa shape index (κ2) is 11.6. The summed E-state index contributed by atoms with van der Waals surface area (Å²) in [6, 6.07) is 32.5. The molecule has 0 saturated carbocycles. The Morgan fingerprint density at radius 3 is 1.88 bits per heavy atom. The molecule has 4 aromatic carbocycles. The van der Waals surface area contributed by atoms with Gasteiger partial charge in [-0.05, 0) is 0 Å². The van der Waals surface area contributed by atoms with Gasteiger partial charge in [0.25, 0.3) is 0 Å². The van der Waals surface area contributed by atoms with E-state index in [0.29, 0.717) is 9.54 Å². The minimum atomic E-state index is -1.25. The van der Waals surface area contributed by atoms with Crippen LogP contribution in [0.5, 0.6) is 0 Å². The molecule has 1 heteroatoms. The third kappa shape index (κ3) is 5.71. The summed E-state index contributed by atoms with van der Waals surface area (Å²) < 4.78 is 2.02. The van der Waals surface area contributed by atoms with E-state index < -0.39 is 22.8 Å². The van der Waals surface area contributed by atoms with Gasteiger partial charge in [0, 0.05) is 0 Å². The van der Waals surface area contributed by atoms with Gasteiger partial charge < -0.3 is 0 Å². The minimum absolute atomic E-state index is 0.0414. The van der Waals surface area contributed by atoms with Crippen LogP contribution in [-0.2, 0) is 33.6 Å². The molecule has 6 rings (SSSR count). The van der Waals surface area contributed by atoms with Crippen LogP contribution in [0.3, 0.4) is 0 Å². The van der Waals surface area contributed by atoms with E-state index in [9.17, 15) is 0 Å². The molecule has 0 bridgehead atoms. The first-order valence-corrected chi connectivity index (χ1v) is 18.6. The second-order valence-electron chi connectivity index (χ2n) is 14.6. The Hall–Kier alpha value is -2.89. The summed E-state index contributed by atoms with van der Waals surface area (Å²) in [5, 5.41) is 0. The van der Waals surface area contributed by atoms with Crippen LogP contribution < -0.4 is 0 Å². The van der Waals surface area contributed by atoms with Crippen molar-refractivity contribution in [2.75, 3.05) is 0 Å². The molecule has 2 aliphatic rings. The van der Waals surface area contributed by atoms with Crippen LogP contribution in [-0.4, -0.2) is 3.21 Å². The standard InChI is InChI=1S/C29H35.C13H10.Zr/c1-18(2)23-17-24-22-14-13-21(28(3,4)5)15-20(22)16-25(24)26(19-11-9-10-12-19)27(23)29(6,7)8;1-3-7-12(8-4-1)11-13-9-5-2-6-10-13;/h9-11,13-18H,12H2,1-8H3;1-10H;. The Balaban J connectivity index is 1.75. The Kier molecular flexibility index (Phi) is 8.10. The average molecular weight is 641 g/mol. The molecule has 0 aromatic heterocycles. The van der Waals surface area contributed by atoms with Crippen molar-refractivity contribution < 1.29 is 22.8 Å². The van der Waals surface area contributed by atoms with Gasteiger partial charge in [0.2, 0.25) is 0 Å². The topological polar surface area (TPSA) is 0 Å². The number of rotatable bonds is 5. The van der Waals surface area contributed by atoms with E-state index in [0.717, 1.165) is 6.42 Å². The van der Waals surface area contributed by atoms with E-state index in [-0.39, 0.29) is 10.8 Å². The first-order chi connectivity index (χ1) is 20.4.